The standard InChI is InChI=1S/C22H24Cl2F3N3O3S/c1-2-34(32,33)20-4-3-15(23)7-14(20)10-29-21(31)13-8-18(22(25,26)27)17(19(24)9-13)12-30-6-5-16(28)11-30/h3-4,7-9,16H,2,5-6,10-12,28H2,1H3,(H,29,31)/t16-/m0/s1. The van der Waals surface area contributed by atoms with Gasteiger partial charge in [0.05, 0.1) is 16.2 Å². The van der Waals surface area contributed by atoms with Crippen molar-refractivity contribution in [2.75, 3.05) is 18.8 Å². The van der Waals surface area contributed by atoms with Crippen molar-refractivity contribution in [2.45, 2.75) is 43.5 Å². The first-order valence-electron chi connectivity index (χ1n) is 10.5. The topological polar surface area (TPSA) is 92.5 Å². The van der Waals surface area contributed by atoms with E-state index < -0.39 is 27.5 Å². The second-order valence-electron chi connectivity index (χ2n) is 8.10. The van der Waals surface area contributed by atoms with Crippen LogP contribution in [0.4, 0.5) is 13.2 Å². The molecule has 0 aliphatic carbocycles. The number of nitrogens with zero attached hydrogens (tertiary/aromatic N) is 1. The molecule has 1 heterocycles. The van der Waals surface area contributed by atoms with Gasteiger partial charge in [0.2, 0.25) is 0 Å². The summed E-state index contributed by atoms with van der Waals surface area (Å²) in [6.07, 6.45) is -4.05. The number of carbonyl (C=O) groups is 1. The molecule has 1 atom stereocenters. The van der Waals surface area contributed by atoms with Crippen LogP contribution in [0.5, 0.6) is 0 Å². The highest BCUT2D eigenvalue weighted by molar-refractivity contribution is 7.91. The van der Waals surface area contributed by atoms with Crippen LogP contribution in [0, 0.1) is 0 Å². The molecule has 2 aromatic carbocycles. The zero-order chi connectivity index (χ0) is 25.3. The van der Waals surface area contributed by atoms with E-state index in [1.54, 1.807) is 4.90 Å². The molecule has 0 unspecified atom stereocenters. The van der Waals surface area contributed by atoms with Crippen LogP contribution in [-0.4, -0.2) is 44.1 Å². The SMILES string of the molecule is CCS(=O)(=O)c1ccc(Cl)cc1CNC(=O)c1cc(Cl)c(CN2CC[C@H](N)C2)c(C(F)(F)F)c1. The first-order valence-corrected chi connectivity index (χ1v) is 12.9. The van der Waals surface area contributed by atoms with Crippen LogP contribution in [0.2, 0.25) is 10.0 Å². The number of nitrogens with one attached hydrogen (secondary N) is 1. The Balaban J connectivity index is 1.87. The van der Waals surface area contributed by atoms with Gasteiger partial charge in [0.1, 0.15) is 0 Å². The fourth-order valence-corrected chi connectivity index (χ4v) is 5.42. The van der Waals surface area contributed by atoms with Crippen LogP contribution in [-0.2, 0) is 29.1 Å². The lowest BCUT2D eigenvalue weighted by Gasteiger charge is -2.21. The summed E-state index contributed by atoms with van der Waals surface area (Å²) in [6.45, 7) is 2.20. The predicted octanol–water partition coefficient (Wildman–Crippen LogP) is 4.27. The highest BCUT2D eigenvalue weighted by Gasteiger charge is 2.36. The average Bonchev–Trinajstić information content (AvgIpc) is 3.17. The van der Waals surface area contributed by atoms with Gasteiger partial charge in [-0.15, -0.1) is 0 Å². The monoisotopic (exact) mass is 537 g/mol. The number of rotatable bonds is 7. The van der Waals surface area contributed by atoms with Crippen LogP contribution in [0.25, 0.3) is 0 Å². The average molecular weight is 538 g/mol. The van der Waals surface area contributed by atoms with Crippen LogP contribution in [0.15, 0.2) is 35.2 Å². The molecule has 6 nitrogen and oxygen atoms in total. The molecule has 186 valence electrons. The summed E-state index contributed by atoms with van der Waals surface area (Å²) >= 11 is 12.2. The molecule has 1 fully saturated rings. The molecule has 0 spiro atoms. The Morgan fingerprint density at radius 3 is 2.53 bits per heavy atom. The molecule has 34 heavy (non-hydrogen) atoms. The fraction of sp³-hybridized carbons (Fsp3) is 0.409. The zero-order valence-corrected chi connectivity index (χ0v) is 20.6. The van der Waals surface area contributed by atoms with E-state index in [0.29, 0.717) is 19.5 Å². The molecule has 0 saturated carbocycles. The van der Waals surface area contributed by atoms with Crippen molar-refractivity contribution in [1.82, 2.24) is 10.2 Å². The Bertz CT molecular complexity index is 1190. The van der Waals surface area contributed by atoms with Gasteiger partial charge in [-0.1, -0.05) is 30.1 Å². The lowest BCUT2D eigenvalue weighted by Crippen LogP contribution is -2.28. The third kappa shape index (κ3) is 6.23. The van der Waals surface area contributed by atoms with Gasteiger partial charge in [-0.25, -0.2) is 8.42 Å². The van der Waals surface area contributed by atoms with Crippen molar-refractivity contribution in [3.8, 4) is 0 Å². The van der Waals surface area contributed by atoms with E-state index in [0.717, 1.165) is 6.07 Å². The number of hydrogen-bond donors (Lipinski definition) is 2. The summed E-state index contributed by atoms with van der Waals surface area (Å²) in [5, 5.41) is 2.54. The molecule has 3 N–H and O–H groups in total. The van der Waals surface area contributed by atoms with E-state index in [-0.39, 0.29) is 56.5 Å². The maximum Gasteiger partial charge on any atom is 0.416 e. The molecular formula is C22H24Cl2F3N3O3S. The van der Waals surface area contributed by atoms with Crippen molar-refractivity contribution in [1.29, 1.82) is 0 Å². The number of nitrogens with two attached hydrogens (primary N) is 1. The van der Waals surface area contributed by atoms with Crippen molar-refractivity contribution in [3.05, 3.63) is 62.6 Å². The molecule has 1 aliphatic heterocycles. The minimum atomic E-state index is -4.73. The van der Waals surface area contributed by atoms with Crippen LogP contribution < -0.4 is 11.1 Å². The molecule has 1 saturated heterocycles. The van der Waals surface area contributed by atoms with Gasteiger partial charge in [0, 0.05) is 47.8 Å². The molecule has 0 aromatic heterocycles. The van der Waals surface area contributed by atoms with E-state index in [1.165, 1.54) is 31.2 Å². The molecule has 12 heteroatoms. The van der Waals surface area contributed by atoms with Crippen LogP contribution >= 0.6 is 23.2 Å². The Morgan fingerprint density at radius 1 is 1.24 bits per heavy atom. The van der Waals surface area contributed by atoms with E-state index in [4.69, 9.17) is 28.9 Å². The van der Waals surface area contributed by atoms with E-state index in [2.05, 4.69) is 5.32 Å². The molecular weight excluding hydrogens is 514 g/mol. The van der Waals surface area contributed by atoms with Gasteiger partial charge in [0.25, 0.3) is 5.91 Å². The molecule has 0 bridgehead atoms. The third-order valence-corrected chi connectivity index (χ3v) is 8.03. The number of hydrogen-bond acceptors (Lipinski definition) is 5. The lowest BCUT2D eigenvalue weighted by molar-refractivity contribution is -0.138. The largest absolute Gasteiger partial charge is 0.416 e. The maximum atomic E-state index is 13.8. The van der Waals surface area contributed by atoms with E-state index in [1.807, 2.05) is 0 Å². The summed E-state index contributed by atoms with van der Waals surface area (Å²) in [5.74, 6) is -0.995. The number of halogens is 5. The maximum absolute atomic E-state index is 13.8. The van der Waals surface area contributed by atoms with Gasteiger partial charge in [0.15, 0.2) is 9.84 Å². The minimum Gasteiger partial charge on any atom is -0.348 e. The highest BCUT2D eigenvalue weighted by atomic mass is 35.5. The summed E-state index contributed by atoms with van der Waals surface area (Å²) in [5.41, 5.74) is 4.67. The van der Waals surface area contributed by atoms with Crippen molar-refractivity contribution < 1.29 is 26.4 Å². The normalized spacial score (nSPS) is 17.2. The van der Waals surface area contributed by atoms with Crippen molar-refractivity contribution in [2.24, 2.45) is 5.73 Å². The molecule has 0 radical (unpaired) electrons. The van der Waals surface area contributed by atoms with Gasteiger partial charge < -0.3 is 11.1 Å². The predicted molar refractivity (Wildman–Crippen MR) is 125 cm³/mol. The summed E-state index contributed by atoms with van der Waals surface area (Å²) in [6, 6.07) is 5.97. The summed E-state index contributed by atoms with van der Waals surface area (Å²) in [4.78, 5) is 14.5. The Morgan fingerprint density at radius 2 is 1.94 bits per heavy atom. The van der Waals surface area contributed by atoms with Crippen LogP contribution in [0.1, 0.15) is 40.4 Å². The third-order valence-electron chi connectivity index (χ3n) is 5.63. The number of amides is 1. The molecule has 2 aromatic rings. The van der Waals surface area contributed by atoms with Gasteiger partial charge in [-0.3, -0.25) is 9.69 Å². The zero-order valence-electron chi connectivity index (χ0n) is 18.3. The first-order chi connectivity index (χ1) is 15.8. The van der Waals surface area contributed by atoms with E-state index >= 15 is 0 Å². The second kappa shape index (κ2) is 10.4. The molecule has 1 amide bonds. The van der Waals surface area contributed by atoms with Crippen LogP contribution in [0.3, 0.4) is 0 Å². The molecule has 3 rings (SSSR count). The number of alkyl halides is 3. The highest BCUT2D eigenvalue weighted by Crippen LogP contribution is 2.37. The Kier molecular flexibility index (Phi) is 8.19. The number of sulfone groups is 1. The van der Waals surface area contributed by atoms with E-state index in [9.17, 15) is 26.4 Å². The van der Waals surface area contributed by atoms with Gasteiger partial charge in [-0.2, -0.15) is 13.2 Å². The lowest BCUT2D eigenvalue weighted by atomic mass is 10.0. The van der Waals surface area contributed by atoms with Crippen molar-refractivity contribution in [3.63, 3.8) is 0 Å². The Hall–Kier alpha value is -1.85. The first kappa shape index (κ1) is 26.7. The quantitative estimate of drug-likeness (QED) is 0.550. The number of likely N-dealkylation sites (tertiary alicyclic amines) is 1. The fourth-order valence-electron chi connectivity index (χ4n) is 3.83. The van der Waals surface area contributed by atoms with Gasteiger partial charge in [-0.05, 0) is 47.9 Å². The summed E-state index contributed by atoms with van der Waals surface area (Å²) in [7, 11) is -3.61. The van der Waals surface area contributed by atoms with Gasteiger partial charge >= 0.3 is 6.18 Å². The minimum absolute atomic E-state index is 0.00659. The number of benzene rings is 2. The Labute approximate surface area is 206 Å². The second-order valence-corrected chi connectivity index (χ2v) is 11.2. The number of carbonyl (C=O) groups excluding carboxylic acids is 1. The van der Waals surface area contributed by atoms with Crippen molar-refractivity contribution >= 4 is 38.9 Å². The molecule has 1 aliphatic rings. The summed E-state index contributed by atoms with van der Waals surface area (Å²) < 4.78 is 66.2. The smallest absolute Gasteiger partial charge is 0.348 e.